The number of carbonyl (C=O) groups excluding carboxylic acids is 1. The predicted molar refractivity (Wildman–Crippen MR) is 55.9 cm³/mol. The highest BCUT2D eigenvalue weighted by Gasteiger charge is 2.11. The maximum Gasteiger partial charge on any atom is 0.231 e. The fraction of sp³-hybridized carbons (Fsp3) is 0.0833. The van der Waals surface area contributed by atoms with Crippen LogP contribution in [0.25, 0.3) is 11.4 Å². The Hall–Kier alpha value is -1.30. The molecule has 0 aliphatic heterocycles. The average molecular weight is 326 g/mol. The van der Waals surface area contributed by atoms with E-state index in [9.17, 15) is 4.79 Å². The van der Waals surface area contributed by atoms with E-state index in [1.165, 1.54) is 0 Å². The van der Waals surface area contributed by atoms with Gasteiger partial charge in [-0.3, -0.25) is 4.79 Å². The Morgan fingerprint density at radius 2 is 2.00 bits per heavy atom. The molecule has 0 saturated heterocycles. The van der Waals surface area contributed by atoms with Crippen molar-refractivity contribution >= 4 is 6.29 Å². The highest BCUT2D eigenvalue weighted by molar-refractivity contribution is 5.51. The first-order valence-electron chi connectivity index (χ1n) is 4.75. The number of carbonyl (C=O) groups is 1. The summed E-state index contributed by atoms with van der Waals surface area (Å²) >= 11 is 0. The minimum absolute atomic E-state index is 0. The van der Waals surface area contributed by atoms with Crippen molar-refractivity contribution in [1.29, 1.82) is 0 Å². The zero-order chi connectivity index (χ0) is 10.5. The summed E-state index contributed by atoms with van der Waals surface area (Å²) in [4.78, 5) is 14.8. The third kappa shape index (κ3) is 2.85. The number of hydrogen-bond donors (Lipinski definition) is 0. The Morgan fingerprint density at radius 1 is 1.19 bits per heavy atom. The Kier molecular flexibility index (Phi) is 5.04. The second kappa shape index (κ2) is 6.32. The Labute approximate surface area is 111 Å². The summed E-state index contributed by atoms with van der Waals surface area (Å²) < 4.78 is 1.87. The van der Waals surface area contributed by atoms with Crippen molar-refractivity contribution in [2.75, 3.05) is 0 Å². The molecule has 0 saturated carbocycles. The van der Waals surface area contributed by atoms with E-state index >= 15 is 0 Å². The maximum atomic E-state index is 10.5. The summed E-state index contributed by atoms with van der Waals surface area (Å²) in [5.41, 5.74) is 1.82. The average Bonchev–Trinajstić information content (AvgIpc) is 2.31. The van der Waals surface area contributed by atoms with E-state index in [0.29, 0.717) is 6.54 Å². The molecule has 3 nitrogen and oxygen atoms in total. The molecule has 0 spiro atoms. The highest BCUT2D eigenvalue weighted by Crippen LogP contribution is 2.09. The molecular formula is C12H11IN2O. The summed E-state index contributed by atoms with van der Waals surface area (Å²) in [7, 11) is 0. The van der Waals surface area contributed by atoms with Crippen LogP contribution in [0.15, 0.2) is 48.8 Å². The quantitative estimate of drug-likeness (QED) is 0.380. The summed E-state index contributed by atoms with van der Waals surface area (Å²) in [6, 6.07) is 11.5. The normalized spacial score (nSPS) is 9.25. The molecular weight excluding hydrogens is 315 g/mol. The molecule has 0 atom stereocenters. The molecule has 2 aromatic rings. The number of hydrogen-bond acceptors (Lipinski definition) is 2. The molecule has 2 aromatic heterocycles. The summed E-state index contributed by atoms with van der Waals surface area (Å²) in [5.74, 6) is 0. The van der Waals surface area contributed by atoms with Crippen molar-refractivity contribution in [2.24, 2.45) is 0 Å². The lowest BCUT2D eigenvalue weighted by atomic mass is 10.2. The van der Waals surface area contributed by atoms with Crippen molar-refractivity contribution < 1.29 is 33.3 Å². The molecule has 0 fully saturated rings. The van der Waals surface area contributed by atoms with Gasteiger partial charge >= 0.3 is 0 Å². The van der Waals surface area contributed by atoms with E-state index in [0.717, 1.165) is 17.7 Å². The topological polar surface area (TPSA) is 33.8 Å². The lowest BCUT2D eigenvalue weighted by Gasteiger charge is -1.99. The van der Waals surface area contributed by atoms with Crippen LogP contribution < -0.4 is 28.5 Å². The number of rotatable bonds is 3. The van der Waals surface area contributed by atoms with Gasteiger partial charge in [0.1, 0.15) is 5.69 Å². The summed E-state index contributed by atoms with van der Waals surface area (Å²) in [6.07, 6.45) is 4.50. The third-order valence-electron chi connectivity index (χ3n) is 2.14. The van der Waals surface area contributed by atoms with Gasteiger partial charge in [-0.1, -0.05) is 6.07 Å². The van der Waals surface area contributed by atoms with Crippen LogP contribution in [0.3, 0.4) is 0 Å². The Bertz CT molecular complexity index is 460. The molecule has 2 heterocycles. The van der Waals surface area contributed by atoms with Gasteiger partial charge in [0.05, 0.1) is 0 Å². The van der Waals surface area contributed by atoms with Crippen LogP contribution in [0.5, 0.6) is 0 Å². The summed E-state index contributed by atoms with van der Waals surface area (Å²) in [5, 5.41) is 0. The van der Waals surface area contributed by atoms with Crippen LogP contribution in [-0.2, 0) is 11.3 Å². The van der Waals surface area contributed by atoms with Gasteiger partial charge in [0.2, 0.25) is 12.2 Å². The molecule has 16 heavy (non-hydrogen) atoms. The van der Waals surface area contributed by atoms with Crippen molar-refractivity contribution in [3.63, 3.8) is 0 Å². The van der Waals surface area contributed by atoms with E-state index in [1.54, 1.807) is 6.20 Å². The van der Waals surface area contributed by atoms with Crippen LogP contribution in [-0.4, -0.2) is 11.3 Å². The van der Waals surface area contributed by atoms with Gasteiger partial charge in [0, 0.05) is 18.3 Å². The van der Waals surface area contributed by atoms with E-state index in [2.05, 4.69) is 4.98 Å². The lowest BCUT2D eigenvalue weighted by molar-refractivity contribution is -0.672. The molecule has 0 aliphatic rings. The second-order valence-electron chi connectivity index (χ2n) is 3.12. The number of nitrogens with zero attached hydrogens (tertiary/aromatic N) is 2. The fourth-order valence-corrected chi connectivity index (χ4v) is 1.46. The minimum Gasteiger partial charge on any atom is -1.00 e. The smallest absolute Gasteiger partial charge is 0.231 e. The van der Waals surface area contributed by atoms with Gasteiger partial charge in [-0.15, -0.1) is 0 Å². The van der Waals surface area contributed by atoms with Gasteiger partial charge in [-0.25, -0.2) is 4.98 Å². The molecule has 0 N–H and O–H groups in total. The van der Waals surface area contributed by atoms with Crippen LogP contribution in [0.2, 0.25) is 0 Å². The van der Waals surface area contributed by atoms with Crippen LogP contribution >= 0.6 is 0 Å². The van der Waals surface area contributed by atoms with Crippen LogP contribution in [0.4, 0.5) is 0 Å². The molecule has 0 radical (unpaired) electrons. The van der Waals surface area contributed by atoms with Crippen LogP contribution in [0, 0.1) is 0 Å². The first-order chi connectivity index (χ1) is 7.42. The number of pyridine rings is 2. The second-order valence-corrected chi connectivity index (χ2v) is 3.12. The number of aromatic nitrogens is 2. The number of halogens is 1. The molecule has 0 amide bonds. The Morgan fingerprint density at radius 3 is 2.69 bits per heavy atom. The lowest BCUT2D eigenvalue weighted by Crippen LogP contribution is -3.00. The van der Waals surface area contributed by atoms with Crippen molar-refractivity contribution in [3.05, 3.63) is 48.8 Å². The van der Waals surface area contributed by atoms with Gasteiger partial charge < -0.3 is 24.0 Å². The number of aldehydes is 1. The van der Waals surface area contributed by atoms with Gasteiger partial charge in [-0.05, 0) is 18.2 Å². The monoisotopic (exact) mass is 326 g/mol. The molecule has 0 bridgehead atoms. The van der Waals surface area contributed by atoms with Gasteiger partial charge in [0.25, 0.3) is 0 Å². The fourth-order valence-electron chi connectivity index (χ4n) is 1.46. The largest absolute Gasteiger partial charge is 1.00 e. The highest BCUT2D eigenvalue weighted by atomic mass is 127. The SMILES string of the molecule is O=CC[n+]1ccccc1-c1ccccn1.[I-]. The van der Waals surface area contributed by atoms with Gasteiger partial charge in [-0.2, -0.15) is 4.57 Å². The standard InChI is InChI=1S/C12H11N2O.HI/c15-10-9-14-8-4-2-6-12(14)11-5-1-3-7-13-11;/h1-8,10H,9H2;1H/q+1;/p-1. The van der Waals surface area contributed by atoms with E-state index < -0.39 is 0 Å². The minimum atomic E-state index is 0. The van der Waals surface area contributed by atoms with Gasteiger partial charge in [0.15, 0.2) is 12.5 Å². The molecule has 0 unspecified atom stereocenters. The first-order valence-corrected chi connectivity index (χ1v) is 4.75. The van der Waals surface area contributed by atoms with E-state index in [-0.39, 0.29) is 24.0 Å². The van der Waals surface area contributed by atoms with E-state index in [4.69, 9.17) is 0 Å². The molecule has 0 aliphatic carbocycles. The maximum absolute atomic E-state index is 10.5. The van der Waals surface area contributed by atoms with Crippen molar-refractivity contribution in [3.8, 4) is 11.4 Å². The molecule has 2 rings (SSSR count). The van der Waals surface area contributed by atoms with E-state index in [1.807, 2.05) is 47.2 Å². The predicted octanol–water partition coefficient (Wildman–Crippen LogP) is -1.76. The molecule has 4 heteroatoms. The zero-order valence-electron chi connectivity index (χ0n) is 8.58. The molecule has 82 valence electrons. The van der Waals surface area contributed by atoms with Crippen molar-refractivity contribution in [1.82, 2.24) is 4.98 Å². The van der Waals surface area contributed by atoms with Crippen molar-refractivity contribution in [2.45, 2.75) is 6.54 Å². The first kappa shape index (κ1) is 12.8. The van der Waals surface area contributed by atoms with Crippen LogP contribution in [0.1, 0.15) is 0 Å². The zero-order valence-corrected chi connectivity index (χ0v) is 10.7. The summed E-state index contributed by atoms with van der Waals surface area (Å²) in [6.45, 7) is 0.354. The molecule has 0 aromatic carbocycles. The third-order valence-corrected chi connectivity index (χ3v) is 2.14. The Balaban J connectivity index is 0.00000128.